The lowest BCUT2D eigenvalue weighted by molar-refractivity contribution is -0.138. The number of benzene rings is 2. The molecule has 2 aromatic carbocycles. The topological polar surface area (TPSA) is 49.4 Å². The Morgan fingerprint density at radius 1 is 1.13 bits per heavy atom. The van der Waals surface area contributed by atoms with Crippen LogP contribution in [0.4, 0.5) is 0 Å². The maximum absolute atomic E-state index is 13.1. The zero-order chi connectivity index (χ0) is 22.1. The number of carbonyl (C=O) groups excluding carboxylic acids is 2. The van der Waals surface area contributed by atoms with E-state index < -0.39 is 6.04 Å². The van der Waals surface area contributed by atoms with Crippen molar-refractivity contribution in [2.75, 3.05) is 5.75 Å². The highest BCUT2D eigenvalue weighted by atomic mass is 79.9. The minimum atomic E-state index is -0.554. The van der Waals surface area contributed by atoms with Crippen molar-refractivity contribution in [1.82, 2.24) is 10.2 Å². The van der Waals surface area contributed by atoms with Crippen molar-refractivity contribution in [3.63, 3.8) is 0 Å². The molecule has 0 unspecified atom stereocenters. The fourth-order valence-corrected chi connectivity index (χ4v) is 4.14. The summed E-state index contributed by atoms with van der Waals surface area (Å²) in [6, 6.07) is 15.0. The number of hydrogen-bond donors (Lipinski definition) is 1. The standard InChI is InChI=1S/C23H28BrClN2O2S/c1-4-16(2)26-23(29)17(3)27(13-18-8-10-20(24)11-9-18)22(28)15-30-14-19-6-5-7-21(25)12-19/h5-12,16-17H,4,13-15H2,1-3H3,(H,26,29)/t16-,17-/m0/s1. The Bertz CT molecular complexity index is 847. The van der Waals surface area contributed by atoms with Gasteiger partial charge in [0.15, 0.2) is 0 Å². The molecule has 0 radical (unpaired) electrons. The van der Waals surface area contributed by atoms with Crippen molar-refractivity contribution in [1.29, 1.82) is 0 Å². The van der Waals surface area contributed by atoms with E-state index in [4.69, 9.17) is 11.6 Å². The first-order valence-corrected chi connectivity index (χ1v) is 12.3. The molecule has 0 heterocycles. The Hall–Kier alpha value is -1.50. The third kappa shape index (κ3) is 7.97. The molecule has 0 aromatic heterocycles. The first-order valence-electron chi connectivity index (χ1n) is 9.96. The molecule has 30 heavy (non-hydrogen) atoms. The highest BCUT2D eigenvalue weighted by Gasteiger charge is 2.26. The maximum Gasteiger partial charge on any atom is 0.242 e. The minimum Gasteiger partial charge on any atom is -0.352 e. The van der Waals surface area contributed by atoms with E-state index in [-0.39, 0.29) is 17.9 Å². The fourth-order valence-electron chi connectivity index (χ4n) is 2.80. The van der Waals surface area contributed by atoms with Crippen LogP contribution in [0.5, 0.6) is 0 Å². The molecule has 0 saturated carbocycles. The average Bonchev–Trinajstić information content (AvgIpc) is 2.72. The molecule has 0 saturated heterocycles. The molecule has 1 N–H and O–H groups in total. The van der Waals surface area contributed by atoms with Gasteiger partial charge in [0.2, 0.25) is 11.8 Å². The lowest BCUT2D eigenvalue weighted by Gasteiger charge is -2.29. The molecule has 0 bridgehead atoms. The molecule has 2 aromatic rings. The summed E-state index contributed by atoms with van der Waals surface area (Å²) in [6.45, 7) is 6.16. The summed E-state index contributed by atoms with van der Waals surface area (Å²) in [7, 11) is 0. The van der Waals surface area contributed by atoms with Crippen molar-refractivity contribution in [3.8, 4) is 0 Å². The number of nitrogens with zero attached hydrogens (tertiary/aromatic N) is 1. The van der Waals surface area contributed by atoms with Gasteiger partial charge >= 0.3 is 0 Å². The number of halogens is 2. The molecule has 7 heteroatoms. The van der Waals surface area contributed by atoms with Crippen LogP contribution in [0.3, 0.4) is 0 Å². The van der Waals surface area contributed by atoms with Crippen molar-refractivity contribution < 1.29 is 9.59 Å². The van der Waals surface area contributed by atoms with Gasteiger partial charge in [-0.2, -0.15) is 0 Å². The smallest absolute Gasteiger partial charge is 0.242 e. The van der Waals surface area contributed by atoms with Gasteiger partial charge in [-0.15, -0.1) is 11.8 Å². The molecule has 0 aliphatic heterocycles. The monoisotopic (exact) mass is 510 g/mol. The van der Waals surface area contributed by atoms with Crippen molar-refractivity contribution >= 4 is 51.1 Å². The van der Waals surface area contributed by atoms with E-state index >= 15 is 0 Å². The molecular weight excluding hydrogens is 484 g/mol. The lowest BCUT2D eigenvalue weighted by Crippen LogP contribution is -2.50. The maximum atomic E-state index is 13.1. The molecule has 0 aliphatic rings. The first-order chi connectivity index (χ1) is 14.3. The molecule has 0 fully saturated rings. The van der Waals surface area contributed by atoms with Crippen LogP contribution in [0.15, 0.2) is 53.0 Å². The van der Waals surface area contributed by atoms with Crippen LogP contribution in [0.25, 0.3) is 0 Å². The van der Waals surface area contributed by atoms with E-state index in [1.54, 1.807) is 11.8 Å². The number of nitrogens with one attached hydrogen (secondary N) is 1. The summed E-state index contributed by atoms with van der Waals surface area (Å²) in [6.07, 6.45) is 0.842. The van der Waals surface area contributed by atoms with E-state index in [9.17, 15) is 9.59 Å². The Balaban J connectivity index is 2.07. The predicted molar refractivity (Wildman–Crippen MR) is 130 cm³/mol. The zero-order valence-electron chi connectivity index (χ0n) is 17.5. The van der Waals surface area contributed by atoms with Crippen LogP contribution < -0.4 is 5.32 Å². The van der Waals surface area contributed by atoms with Gasteiger partial charge in [-0.25, -0.2) is 0 Å². The first kappa shape index (κ1) is 24.8. The molecule has 2 rings (SSSR count). The summed E-state index contributed by atoms with van der Waals surface area (Å²) in [4.78, 5) is 27.4. The summed E-state index contributed by atoms with van der Waals surface area (Å²) in [5.74, 6) is 0.793. The quantitative estimate of drug-likeness (QED) is 0.447. The van der Waals surface area contributed by atoms with Crippen LogP contribution >= 0.6 is 39.3 Å². The summed E-state index contributed by atoms with van der Waals surface area (Å²) in [5.41, 5.74) is 2.05. The Labute approximate surface area is 196 Å². The average molecular weight is 512 g/mol. The van der Waals surface area contributed by atoms with Gasteiger partial charge in [0.25, 0.3) is 0 Å². The fraction of sp³-hybridized carbons (Fsp3) is 0.391. The van der Waals surface area contributed by atoms with E-state index in [1.807, 2.05) is 62.4 Å². The van der Waals surface area contributed by atoms with Gasteiger partial charge in [0, 0.05) is 27.8 Å². The number of hydrogen-bond acceptors (Lipinski definition) is 3. The second-order valence-corrected chi connectivity index (χ2v) is 9.60. The van der Waals surface area contributed by atoms with E-state index in [0.717, 1.165) is 22.0 Å². The minimum absolute atomic E-state index is 0.0586. The highest BCUT2D eigenvalue weighted by molar-refractivity contribution is 9.10. The predicted octanol–water partition coefficient (Wildman–Crippen LogP) is 5.67. The van der Waals surface area contributed by atoms with Gasteiger partial charge in [-0.05, 0) is 55.7 Å². The SMILES string of the molecule is CC[C@H](C)NC(=O)[C@H](C)N(Cc1ccc(Br)cc1)C(=O)CSCc1cccc(Cl)c1. The van der Waals surface area contributed by atoms with Crippen molar-refractivity contribution in [2.45, 2.75) is 51.6 Å². The van der Waals surface area contributed by atoms with Crippen LogP contribution in [0.2, 0.25) is 5.02 Å². The molecular formula is C23H28BrClN2O2S. The van der Waals surface area contributed by atoms with Gasteiger partial charge in [0.1, 0.15) is 6.04 Å². The van der Waals surface area contributed by atoms with E-state index in [1.165, 1.54) is 11.8 Å². The summed E-state index contributed by atoms with van der Waals surface area (Å²) < 4.78 is 0.976. The number of rotatable bonds is 10. The summed E-state index contributed by atoms with van der Waals surface area (Å²) in [5, 5.41) is 3.67. The van der Waals surface area contributed by atoms with Gasteiger partial charge in [-0.1, -0.05) is 58.7 Å². The number of thioether (sulfide) groups is 1. The zero-order valence-corrected chi connectivity index (χ0v) is 20.7. The second-order valence-electron chi connectivity index (χ2n) is 7.26. The van der Waals surface area contributed by atoms with Crippen LogP contribution in [0.1, 0.15) is 38.3 Å². The Kier molecular flexibility index (Phi) is 10.2. The molecule has 2 atom stereocenters. The van der Waals surface area contributed by atoms with Crippen molar-refractivity contribution in [3.05, 3.63) is 69.2 Å². The number of amides is 2. The number of carbonyl (C=O) groups is 2. The normalized spacial score (nSPS) is 12.8. The van der Waals surface area contributed by atoms with E-state index in [2.05, 4.69) is 21.2 Å². The Morgan fingerprint density at radius 3 is 2.47 bits per heavy atom. The third-order valence-corrected chi connectivity index (χ3v) is 6.57. The van der Waals surface area contributed by atoms with Crippen LogP contribution in [-0.4, -0.2) is 34.6 Å². The molecule has 162 valence electrons. The Morgan fingerprint density at radius 2 is 1.83 bits per heavy atom. The molecule has 4 nitrogen and oxygen atoms in total. The largest absolute Gasteiger partial charge is 0.352 e. The highest BCUT2D eigenvalue weighted by Crippen LogP contribution is 2.19. The van der Waals surface area contributed by atoms with Crippen LogP contribution in [0, 0.1) is 0 Å². The second kappa shape index (κ2) is 12.4. The lowest BCUT2D eigenvalue weighted by atomic mass is 10.1. The van der Waals surface area contributed by atoms with Crippen molar-refractivity contribution in [2.24, 2.45) is 0 Å². The molecule has 2 amide bonds. The van der Waals surface area contributed by atoms with Gasteiger partial charge in [-0.3, -0.25) is 9.59 Å². The van der Waals surface area contributed by atoms with Gasteiger partial charge in [0.05, 0.1) is 5.75 Å². The molecule has 0 aliphatic carbocycles. The van der Waals surface area contributed by atoms with Gasteiger partial charge < -0.3 is 10.2 Å². The molecule has 0 spiro atoms. The van der Waals surface area contributed by atoms with Crippen LogP contribution in [-0.2, 0) is 21.9 Å². The summed E-state index contributed by atoms with van der Waals surface area (Å²) >= 11 is 11.0. The van der Waals surface area contributed by atoms with E-state index in [0.29, 0.717) is 23.1 Å². The third-order valence-electron chi connectivity index (χ3n) is 4.82.